The van der Waals surface area contributed by atoms with Crippen LogP contribution in [-0.2, 0) is 4.74 Å². The second-order valence-electron chi connectivity index (χ2n) is 7.79. The molecule has 158 valence electrons. The van der Waals surface area contributed by atoms with Crippen molar-refractivity contribution >= 4 is 5.96 Å². The van der Waals surface area contributed by atoms with Gasteiger partial charge >= 0.3 is 0 Å². The summed E-state index contributed by atoms with van der Waals surface area (Å²) in [6.45, 7) is 11.3. The average Bonchev–Trinajstić information content (AvgIpc) is 2.68. The van der Waals surface area contributed by atoms with Crippen molar-refractivity contribution in [3.8, 4) is 0 Å². The zero-order valence-corrected chi connectivity index (χ0v) is 17.5. The van der Waals surface area contributed by atoms with Crippen molar-refractivity contribution in [1.29, 1.82) is 0 Å². The van der Waals surface area contributed by atoms with Crippen molar-refractivity contribution in [2.75, 3.05) is 66.1 Å². The average molecular weight is 384 g/mol. The van der Waals surface area contributed by atoms with Crippen LogP contribution in [0.25, 0.3) is 0 Å². The summed E-state index contributed by atoms with van der Waals surface area (Å²) in [5.41, 5.74) is 0. The molecule has 7 heteroatoms. The van der Waals surface area contributed by atoms with E-state index in [0.717, 1.165) is 90.6 Å². The van der Waals surface area contributed by atoms with Gasteiger partial charge < -0.3 is 30.3 Å². The minimum atomic E-state index is -0.0878. The van der Waals surface area contributed by atoms with Crippen LogP contribution in [0.15, 0.2) is 4.99 Å². The number of rotatable bonds is 10. The molecule has 2 aliphatic rings. The standard InChI is InChI=1S/C20H41N5O2/c1-3-21-20(22-10-4-11-24-15-8-19(26)9-16-24)23-18-6-13-25(14-7-18)12-5-17-27-2/h18-19,26H,3-17H2,1-2H3,(H2,21,22,23). The van der Waals surface area contributed by atoms with Gasteiger partial charge in [-0.25, -0.2) is 0 Å². The van der Waals surface area contributed by atoms with E-state index in [0.29, 0.717) is 6.04 Å². The summed E-state index contributed by atoms with van der Waals surface area (Å²) in [6, 6.07) is 0.519. The number of methoxy groups -OCH3 is 1. The van der Waals surface area contributed by atoms with Gasteiger partial charge in [-0.1, -0.05) is 0 Å². The quantitative estimate of drug-likeness (QED) is 0.296. The highest BCUT2D eigenvalue weighted by Gasteiger charge is 2.19. The van der Waals surface area contributed by atoms with Gasteiger partial charge in [-0.05, 0) is 52.0 Å². The molecule has 27 heavy (non-hydrogen) atoms. The van der Waals surface area contributed by atoms with Crippen LogP contribution < -0.4 is 10.6 Å². The molecule has 0 unspecified atom stereocenters. The van der Waals surface area contributed by atoms with Gasteiger partial charge in [-0.3, -0.25) is 4.99 Å². The molecule has 0 spiro atoms. The van der Waals surface area contributed by atoms with E-state index in [2.05, 4.69) is 27.4 Å². The maximum absolute atomic E-state index is 9.58. The summed E-state index contributed by atoms with van der Waals surface area (Å²) in [4.78, 5) is 9.76. The fourth-order valence-electron chi connectivity index (χ4n) is 3.87. The molecule has 0 bridgehead atoms. The van der Waals surface area contributed by atoms with E-state index in [1.165, 1.54) is 12.8 Å². The Morgan fingerprint density at radius 1 is 1.04 bits per heavy atom. The molecule has 7 nitrogen and oxygen atoms in total. The van der Waals surface area contributed by atoms with Crippen LogP contribution >= 0.6 is 0 Å². The number of nitrogens with one attached hydrogen (secondary N) is 2. The molecule has 0 aliphatic carbocycles. The SMILES string of the molecule is CCNC(=NCCCN1CCC(O)CC1)NC1CCN(CCCOC)CC1. The van der Waals surface area contributed by atoms with Crippen molar-refractivity contribution in [3.63, 3.8) is 0 Å². The number of ether oxygens (including phenoxy) is 1. The van der Waals surface area contributed by atoms with Crippen LogP contribution in [0, 0.1) is 0 Å². The van der Waals surface area contributed by atoms with Crippen molar-refractivity contribution in [3.05, 3.63) is 0 Å². The maximum atomic E-state index is 9.58. The Morgan fingerprint density at radius 3 is 2.30 bits per heavy atom. The van der Waals surface area contributed by atoms with Gasteiger partial charge in [0.05, 0.1) is 6.10 Å². The Balaban J connectivity index is 1.63. The zero-order valence-electron chi connectivity index (χ0n) is 17.5. The minimum absolute atomic E-state index is 0.0878. The third-order valence-corrected chi connectivity index (χ3v) is 5.55. The smallest absolute Gasteiger partial charge is 0.191 e. The van der Waals surface area contributed by atoms with E-state index in [1.54, 1.807) is 7.11 Å². The lowest BCUT2D eigenvalue weighted by Gasteiger charge is -2.33. The van der Waals surface area contributed by atoms with Gasteiger partial charge in [0.1, 0.15) is 0 Å². The molecule has 0 aromatic heterocycles. The molecule has 2 rings (SSSR count). The minimum Gasteiger partial charge on any atom is -0.393 e. The molecular formula is C20H41N5O2. The number of hydrogen-bond acceptors (Lipinski definition) is 5. The van der Waals surface area contributed by atoms with Gasteiger partial charge in [-0.2, -0.15) is 0 Å². The van der Waals surface area contributed by atoms with Gasteiger partial charge in [0, 0.05) is 65.6 Å². The number of aliphatic hydroxyl groups excluding tert-OH is 1. The molecule has 0 amide bonds. The zero-order chi connectivity index (χ0) is 19.3. The molecule has 0 radical (unpaired) electrons. The first-order valence-electron chi connectivity index (χ1n) is 10.9. The van der Waals surface area contributed by atoms with Crippen LogP contribution in [0.5, 0.6) is 0 Å². The first-order valence-corrected chi connectivity index (χ1v) is 10.9. The third-order valence-electron chi connectivity index (χ3n) is 5.55. The Labute approximate surface area is 165 Å². The lowest BCUT2D eigenvalue weighted by molar-refractivity contribution is 0.0824. The Kier molecular flexibility index (Phi) is 11.0. The molecular weight excluding hydrogens is 342 g/mol. The molecule has 3 N–H and O–H groups in total. The lowest BCUT2D eigenvalue weighted by Crippen LogP contribution is -2.49. The van der Waals surface area contributed by atoms with Crippen LogP contribution in [0.2, 0.25) is 0 Å². The van der Waals surface area contributed by atoms with Gasteiger partial charge in [0.2, 0.25) is 0 Å². The van der Waals surface area contributed by atoms with E-state index in [4.69, 9.17) is 9.73 Å². The van der Waals surface area contributed by atoms with E-state index >= 15 is 0 Å². The van der Waals surface area contributed by atoms with Crippen molar-refractivity contribution in [1.82, 2.24) is 20.4 Å². The predicted octanol–water partition coefficient (Wildman–Crippen LogP) is 0.889. The van der Waals surface area contributed by atoms with Crippen molar-refractivity contribution in [2.45, 2.75) is 57.6 Å². The molecule has 2 fully saturated rings. The molecule has 0 saturated carbocycles. The lowest BCUT2D eigenvalue weighted by atomic mass is 10.1. The monoisotopic (exact) mass is 383 g/mol. The van der Waals surface area contributed by atoms with Gasteiger partial charge in [0.25, 0.3) is 0 Å². The fraction of sp³-hybridized carbons (Fsp3) is 0.950. The van der Waals surface area contributed by atoms with Crippen molar-refractivity contribution in [2.24, 2.45) is 4.99 Å². The molecule has 0 atom stereocenters. The summed E-state index contributed by atoms with van der Waals surface area (Å²) >= 11 is 0. The molecule has 0 aromatic rings. The fourth-order valence-corrected chi connectivity index (χ4v) is 3.87. The maximum Gasteiger partial charge on any atom is 0.191 e. The summed E-state index contributed by atoms with van der Waals surface area (Å²) in [7, 11) is 1.77. The Bertz CT molecular complexity index is 405. The molecule has 2 saturated heterocycles. The summed E-state index contributed by atoms with van der Waals surface area (Å²) in [5, 5.41) is 16.6. The number of nitrogens with zero attached hydrogens (tertiary/aromatic N) is 3. The summed E-state index contributed by atoms with van der Waals surface area (Å²) < 4.78 is 5.15. The number of piperidine rings is 2. The van der Waals surface area contributed by atoms with Gasteiger partial charge in [0.15, 0.2) is 5.96 Å². The molecule has 0 aromatic carbocycles. The highest BCUT2D eigenvalue weighted by Crippen LogP contribution is 2.11. The first kappa shape index (κ1) is 22.4. The number of hydrogen-bond donors (Lipinski definition) is 3. The number of aliphatic hydroxyl groups is 1. The summed E-state index contributed by atoms with van der Waals surface area (Å²) in [6.07, 6.45) is 6.28. The number of guanidine groups is 1. The summed E-state index contributed by atoms with van der Waals surface area (Å²) in [5.74, 6) is 0.962. The third kappa shape index (κ3) is 9.23. The Morgan fingerprint density at radius 2 is 1.67 bits per heavy atom. The predicted molar refractivity (Wildman–Crippen MR) is 111 cm³/mol. The van der Waals surface area contributed by atoms with Crippen LogP contribution in [-0.4, -0.2) is 99.1 Å². The second kappa shape index (κ2) is 13.3. The Hall–Kier alpha value is -0.890. The van der Waals surface area contributed by atoms with E-state index in [-0.39, 0.29) is 6.10 Å². The highest BCUT2D eigenvalue weighted by atomic mass is 16.5. The first-order chi connectivity index (χ1) is 13.2. The number of likely N-dealkylation sites (tertiary alicyclic amines) is 2. The van der Waals surface area contributed by atoms with Crippen LogP contribution in [0.3, 0.4) is 0 Å². The number of aliphatic imine (C=N–C) groups is 1. The van der Waals surface area contributed by atoms with E-state index < -0.39 is 0 Å². The van der Waals surface area contributed by atoms with Crippen molar-refractivity contribution < 1.29 is 9.84 Å². The normalized spacial score (nSPS) is 21.5. The highest BCUT2D eigenvalue weighted by molar-refractivity contribution is 5.80. The largest absolute Gasteiger partial charge is 0.393 e. The van der Waals surface area contributed by atoms with Gasteiger partial charge in [-0.15, -0.1) is 0 Å². The van der Waals surface area contributed by atoms with Crippen LogP contribution in [0.4, 0.5) is 0 Å². The molecule has 2 heterocycles. The molecule has 2 aliphatic heterocycles. The van der Waals surface area contributed by atoms with Crippen LogP contribution in [0.1, 0.15) is 45.4 Å². The van der Waals surface area contributed by atoms with E-state index in [1.807, 2.05) is 0 Å². The van der Waals surface area contributed by atoms with E-state index in [9.17, 15) is 5.11 Å². The topological polar surface area (TPSA) is 72.4 Å². The second-order valence-corrected chi connectivity index (χ2v) is 7.79.